The summed E-state index contributed by atoms with van der Waals surface area (Å²) in [6.07, 6.45) is 4.63. The number of rotatable bonds is 7. The van der Waals surface area contributed by atoms with Crippen molar-refractivity contribution in [1.29, 1.82) is 0 Å². The predicted octanol–water partition coefficient (Wildman–Crippen LogP) is 3.20. The van der Waals surface area contributed by atoms with Gasteiger partial charge >= 0.3 is 0 Å². The Hall–Kier alpha value is -1.22. The van der Waals surface area contributed by atoms with Gasteiger partial charge < -0.3 is 15.6 Å². The molecule has 0 radical (unpaired) electrons. The third kappa shape index (κ3) is 4.27. The summed E-state index contributed by atoms with van der Waals surface area (Å²) in [5, 5.41) is 9.69. The third-order valence-electron chi connectivity index (χ3n) is 2.91. The number of hydrogen-bond acceptors (Lipinski definition) is 3. The van der Waals surface area contributed by atoms with Crippen molar-refractivity contribution in [3.05, 3.63) is 23.8 Å². The summed E-state index contributed by atoms with van der Waals surface area (Å²) in [6.45, 7) is 4.64. The average Bonchev–Trinajstić information content (AvgIpc) is 2.34. The van der Waals surface area contributed by atoms with E-state index in [1.54, 1.807) is 6.07 Å². The van der Waals surface area contributed by atoms with Gasteiger partial charge in [-0.2, -0.15) is 0 Å². The number of aromatic hydroxyl groups is 1. The molecule has 0 heterocycles. The highest BCUT2D eigenvalue weighted by molar-refractivity contribution is 5.39. The van der Waals surface area contributed by atoms with Gasteiger partial charge in [0.15, 0.2) is 0 Å². The average molecular weight is 237 g/mol. The van der Waals surface area contributed by atoms with Gasteiger partial charge in [-0.15, -0.1) is 0 Å². The van der Waals surface area contributed by atoms with E-state index in [0.717, 1.165) is 24.2 Å². The molecule has 0 aromatic heterocycles. The van der Waals surface area contributed by atoms with Crippen molar-refractivity contribution in [2.45, 2.75) is 52.2 Å². The van der Waals surface area contributed by atoms with E-state index >= 15 is 0 Å². The smallest absolute Gasteiger partial charge is 0.123 e. The molecule has 0 bridgehead atoms. The number of unbranched alkanes of at least 4 members (excludes halogenated alkanes) is 1. The highest BCUT2D eigenvalue weighted by Gasteiger charge is 2.09. The number of phenols is 1. The maximum Gasteiger partial charge on any atom is 0.123 e. The second-order valence-electron chi connectivity index (χ2n) is 4.28. The van der Waals surface area contributed by atoms with E-state index in [9.17, 15) is 5.11 Å². The molecular formula is C14H23NO2. The molecule has 3 heteroatoms. The van der Waals surface area contributed by atoms with Crippen LogP contribution in [0.15, 0.2) is 18.2 Å². The van der Waals surface area contributed by atoms with Gasteiger partial charge in [0.25, 0.3) is 0 Å². The monoisotopic (exact) mass is 237 g/mol. The molecule has 1 aromatic carbocycles. The highest BCUT2D eigenvalue weighted by atomic mass is 16.5. The second-order valence-corrected chi connectivity index (χ2v) is 4.28. The summed E-state index contributed by atoms with van der Waals surface area (Å²) in [6, 6.07) is 5.34. The number of nitrogens with two attached hydrogens (primary N) is 1. The molecule has 1 aromatic rings. The Morgan fingerprint density at radius 3 is 2.65 bits per heavy atom. The molecule has 0 aliphatic heterocycles. The van der Waals surface area contributed by atoms with Crippen LogP contribution in [0.25, 0.3) is 0 Å². The van der Waals surface area contributed by atoms with Crippen molar-refractivity contribution in [3.63, 3.8) is 0 Å². The zero-order chi connectivity index (χ0) is 12.7. The van der Waals surface area contributed by atoms with E-state index in [4.69, 9.17) is 10.5 Å². The van der Waals surface area contributed by atoms with Gasteiger partial charge in [-0.3, -0.25) is 0 Å². The lowest BCUT2D eigenvalue weighted by molar-refractivity contribution is 0.183. The summed E-state index contributed by atoms with van der Waals surface area (Å²) < 4.78 is 5.85. The summed E-state index contributed by atoms with van der Waals surface area (Å²) in [7, 11) is 0. The molecule has 1 unspecified atom stereocenters. The highest BCUT2D eigenvalue weighted by Crippen LogP contribution is 2.25. The Labute approximate surface area is 104 Å². The summed E-state index contributed by atoms with van der Waals surface area (Å²) in [5.41, 5.74) is 6.24. The molecule has 0 aliphatic rings. The molecule has 17 heavy (non-hydrogen) atoms. The van der Waals surface area contributed by atoms with Crippen LogP contribution in [0.2, 0.25) is 0 Å². The van der Waals surface area contributed by atoms with Gasteiger partial charge in [-0.05, 0) is 18.9 Å². The van der Waals surface area contributed by atoms with Gasteiger partial charge in [-0.1, -0.05) is 32.8 Å². The lowest BCUT2D eigenvalue weighted by Gasteiger charge is -2.17. The molecule has 3 nitrogen and oxygen atoms in total. The number of ether oxygens (including phenoxy) is 1. The van der Waals surface area contributed by atoms with Crippen molar-refractivity contribution in [1.82, 2.24) is 0 Å². The maximum absolute atomic E-state index is 9.69. The quantitative estimate of drug-likeness (QED) is 0.765. The molecule has 0 saturated heterocycles. The summed E-state index contributed by atoms with van der Waals surface area (Å²) in [4.78, 5) is 0. The molecule has 0 fully saturated rings. The Bertz CT molecular complexity index is 339. The minimum atomic E-state index is 0.218. The van der Waals surface area contributed by atoms with Crippen molar-refractivity contribution in [3.8, 4) is 11.5 Å². The van der Waals surface area contributed by atoms with Gasteiger partial charge in [0.2, 0.25) is 0 Å². The SMILES string of the molecule is CCCCC(CC)Oc1ccc(CN)c(O)c1. The minimum absolute atomic E-state index is 0.218. The Kier molecular flexibility index (Phi) is 5.84. The van der Waals surface area contributed by atoms with Crippen molar-refractivity contribution in [2.75, 3.05) is 0 Å². The molecule has 96 valence electrons. The summed E-state index contributed by atoms with van der Waals surface area (Å²) in [5.74, 6) is 0.943. The fourth-order valence-electron chi connectivity index (χ4n) is 1.76. The first-order chi connectivity index (χ1) is 8.21. The molecular weight excluding hydrogens is 214 g/mol. The first-order valence-electron chi connectivity index (χ1n) is 6.39. The van der Waals surface area contributed by atoms with Crippen molar-refractivity contribution in [2.24, 2.45) is 5.73 Å². The fraction of sp³-hybridized carbons (Fsp3) is 0.571. The maximum atomic E-state index is 9.69. The van der Waals surface area contributed by atoms with E-state index in [0.29, 0.717) is 6.54 Å². The Balaban J connectivity index is 2.63. The summed E-state index contributed by atoms with van der Waals surface area (Å²) >= 11 is 0. The Morgan fingerprint density at radius 1 is 1.35 bits per heavy atom. The first-order valence-corrected chi connectivity index (χ1v) is 6.39. The predicted molar refractivity (Wildman–Crippen MR) is 70.2 cm³/mol. The number of phenolic OH excluding ortho intramolecular Hbond substituents is 1. The largest absolute Gasteiger partial charge is 0.507 e. The molecule has 1 atom stereocenters. The van der Waals surface area contributed by atoms with Gasteiger partial charge in [0.05, 0.1) is 6.10 Å². The van der Waals surface area contributed by atoms with E-state index in [-0.39, 0.29) is 11.9 Å². The van der Waals surface area contributed by atoms with Gasteiger partial charge in [0, 0.05) is 18.2 Å². The molecule has 1 rings (SSSR count). The standard InChI is InChI=1S/C14H23NO2/c1-3-5-6-12(4-2)17-13-8-7-11(10-15)14(16)9-13/h7-9,12,16H,3-6,10,15H2,1-2H3. The second kappa shape index (κ2) is 7.17. The van der Waals surface area contributed by atoms with Gasteiger partial charge in [-0.25, -0.2) is 0 Å². The van der Waals surface area contributed by atoms with Crippen molar-refractivity contribution < 1.29 is 9.84 Å². The van der Waals surface area contributed by atoms with E-state index in [2.05, 4.69) is 13.8 Å². The van der Waals surface area contributed by atoms with E-state index < -0.39 is 0 Å². The zero-order valence-corrected chi connectivity index (χ0v) is 10.8. The van der Waals surface area contributed by atoms with Gasteiger partial charge in [0.1, 0.15) is 11.5 Å². The molecule has 0 aliphatic carbocycles. The number of benzene rings is 1. The van der Waals surface area contributed by atoms with Crippen LogP contribution in [0, 0.1) is 0 Å². The van der Waals surface area contributed by atoms with Crippen LogP contribution in [-0.2, 0) is 6.54 Å². The van der Waals surface area contributed by atoms with Crippen LogP contribution in [0.4, 0.5) is 0 Å². The zero-order valence-electron chi connectivity index (χ0n) is 10.8. The van der Waals surface area contributed by atoms with Crippen LogP contribution in [-0.4, -0.2) is 11.2 Å². The van der Waals surface area contributed by atoms with Crippen LogP contribution in [0.1, 0.15) is 45.1 Å². The normalized spacial score (nSPS) is 12.4. The first kappa shape index (κ1) is 13.8. The molecule has 0 saturated carbocycles. The van der Waals surface area contributed by atoms with E-state index in [1.807, 2.05) is 12.1 Å². The molecule has 0 amide bonds. The van der Waals surface area contributed by atoms with Crippen LogP contribution >= 0.6 is 0 Å². The minimum Gasteiger partial charge on any atom is -0.507 e. The Morgan fingerprint density at radius 2 is 2.12 bits per heavy atom. The lowest BCUT2D eigenvalue weighted by Crippen LogP contribution is -2.15. The number of hydrogen-bond donors (Lipinski definition) is 2. The van der Waals surface area contributed by atoms with E-state index in [1.165, 1.54) is 12.8 Å². The topological polar surface area (TPSA) is 55.5 Å². The fourth-order valence-corrected chi connectivity index (χ4v) is 1.76. The molecule has 3 N–H and O–H groups in total. The lowest BCUT2D eigenvalue weighted by atomic mass is 10.1. The van der Waals surface area contributed by atoms with Crippen LogP contribution in [0.5, 0.6) is 11.5 Å². The van der Waals surface area contributed by atoms with Crippen LogP contribution in [0.3, 0.4) is 0 Å². The molecule has 0 spiro atoms. The third-order valence-corrected chi connectivity index (χ3v) is 2.91. The van der Waals surface area contributed by atoms with Crippen LogP contribution < -0.4 is 10.5 Å². The van der Waals surface area contributed by atoms with Crippen molar-refractivity contribution >= 4 is 0 Å².